The van der Waals surface area contributed by atoms with Crippen LogP contribution in [0.2, 0.25) is 0 Å². The van der Waals surface area contributed by atoms with Gasteiger partial charge in [0.25, 0.3) is 0 Å². The molecule has 0 aromatic heterocycles. The van der Waals surface area contributed by atoms with Crippen molar-refractivity contribution < 1.29 is 18.9 Å². The first-order valence-electron chi connectivity index (χ1n) is 19.9. The second-order valence-electron chi connectivity index (χ2n) is 17.7. The third kappa shape index (κ3) is 6.04. The summed E-state index contributed by atoms with van der Waals surface area (Å²) >= 11 is 0.0741. The van der Waals surface area contributed by atoms with Crippen molar-refractivity contribution in [2.75, 3.05) is 0 Å². The Balaban J connectivity index is 1.01. The molecule has 4 heterocycles. The molecule has 4 aliphatic heterocycles. The molecule has 0 aliphatic carbocycles. The van der Waals surface area contributed by atoms with Crippen molar-refractivity contribution in [3.63, 3.8) is 0 Å². The molecular formula is C50H40B2O4Se2. The van der Waals surface area contributed by atoms with Gasteiger partial charge in [-0.3, -0.25) is 0 Å². The summed E-state index contributed by atoms with van der Waals surface area (Å²) in [7, 11) is 0. The molecule has 7 aromatic carbocycles. The molecule has 0 spiro atoms. The Morgan fingerprint density at radius 2 is 0.810 bits per heavy atom. The molecule has 0 amide bonds. The Morgan fingerprint density at radius 1 is 0.397 bits per heavy atom. The van der Waals surface area contributed by atoms with Crippen LogP contribution in [0.4, 0.5) is 0 Å². The van der Waals surface area contributed by atoms with Gasteiger partial charge in [-0.05, 0) is 0 Å². The van der Waals surface area contributed by atoms with E-state index in [1.54, 1.807) is 0 Å². The van der Waals surface area contributed by atoms with Gasteiger partial charge in [0.1, 0.15) is 0 Å². The van der Waals surface area contributed by atoms with Crippen LogP contribution >= 0.6 is 0 Å². The zero-order chi connectivity index (χ0) is 39.5. The predicted molar refractivity (Wildman–Crippen MR) is 242 cm³/mol. The van der Waals surface area contributed by atoms with E-state index in [-0.39, 0.29) is 54.2 Å². The van der Waals surface area contributed by atoms with Crippen molar-refractivity contribution in [3.8, 4) is 46.0 Å². The van der Waals surface area contributed by atoms with Crippen molar-refractivity contribution in [1.82, 2.24) is 0 Å². The number of hydrogen-bond acceptors (Lipinski definition) is 4. The fraction of sp³-hybridized carbons (Fsp3) is 0.160. The van der Waals surface area contributed by atoms with Crippen molar-refractivity contribution in [2.24, 2.45) is 0 Å². The molecule has 4 aliphatic rings. The normalized spacial score (nSPS) is 14.1. The first-order chi connectivity index (χ1) is 27.9. The van der Waals surface area contributed by atoms with E-state index in [0.717, 1.165) is 46.0 Å². The molecule has 0 saturated heterocycles. The van der Waals surface area contributed by atoms with Crippen LogP contribution in [-0.4, -0.2) is 43.3 Å². The molecule has 282 valence electrons. The molecule has 0 fully saturated rings. The van der Waals surface area contributed by atoms with Crippen molar-refractivity contribution >= 4 is 94.0 Å². The van der Waals surface area contributed by atoms with Crippen LogP contribution in [0, 0.1) is 0 Å². The Bertz CT molecular complexity index is 2630. The first-order valence-corrected chi connectivity index (χ1v) is 23.4. The van der Waals surface area contributed by atoms with Gasteiger partial charge in [0, 0.05) is 0 Å². The van der Waals surface area contributed by atoms with Crippen molar-refractivity contribution in [3.05, 3.63) is 145 Å². The van der Waals surface area contributed by atoms with Crippen LogP contribution in [-0.2, 0) is 10.8 Å². The van der Waals surface area contributed by atoms with E-state index >= 15 is 0 Å². The van der Waals surface area contributed by atoms with Crippen LogP contribution < -0.4 is 69.6 Å². The molecule has 4 nitrogen and oxygen atoms in total. The van der Waals surface area contributed by atoms with Gasteiger partial charge in [-0.15, -0.1) is 0 Å². The second kappa shape index (κ2) is 13.2. The summed E-state index contributed by atoms with van der Waals surface area (Å²) in [6.45, 7) is 13.5. The number of hydrogen-bond donors (Lipinski definition) is 0. The molecule has 0 unspecified atom stereocenters. The Morgan fingerprint density at radius 3 is 1.22 bits per heavy atom. The number of fused-ring (bicyclic) bond motifs is 8. The van der Waals surface area contributed by atoms with Gasteiger partial charge in [0.05, 0.1) is 0 Å². The first kappa shape index (κ1) is 36.0. The molecule has 8 heteroatoms. The monoisotopic (exact) mass is 886 g/mol. The predicted octanol–water partition coefficient (Wildman–Crippen LogP) is 5.05. The van der Waals surface area contributed by atoms with E-state index in [1.165, 1.54) is 61.8 Å². The minimum absolute atomic E-state index is 0.0370. The number of rotatable bonds is 4. The van der Waals surface area contributed by atoms with Crippen LogP contribution in [0.1, 0.15) is 52.7 Å². The molecular weight excluding hydrogens is 844 g/mol. The summed E-state index contributed by atoms with van der Waals surface area (Å²) < 4.78 is 32.1. The van der Waals surface area contributed by atoms with Crippen LogP contribution in [0.15, 0.2) is 133 Å². The number of ether oxygens (including phenoxy) is 4. The summed E-state index contributed by atoms with van der Waals surface area (Å²) in [6.07, 6.45) is 0. The van der Waals surface area contributed by atoms with Gasteiger partial charge in [0.2, 0.25) is 0 Å². The van der Waals surface area contributed by atoms with E-state index in [1.807, 2.05) is 0 Å². The fourth-order valence-corrected chi connectivity index (χ4v) is 14.2. The van der Waals surface area contributed by atoms with Gasteiger partial charge >= 0.3 is 356 Å². The van der Waals surface area contributed by atoms with Crippen LogP contribution in [0.3, 0.4) is 0 Å². The fourth-order valence-electron chi connectivity index (χ4n) is 8.78. The third-order valence-electron chi connectivity index (χ3n) is 11.7. The quantitative estimate of drug-likeness (QED) is 0.233. The average molecular weight is 884 g/mol. The van der Waals surface area contributed by atoms with Gasteiger partial charge < -0.3 is 0 Å². The Hall–Kier alpha value is -5.09. The SMILES string of the molecule is CC(C)(C)c1ccc(Oc2cc3c4c(c2)[Se]c2cc5c(cc2B4c2ccccc2O3)B2c3ccccc3Oc3cc(Oc4ccc(C(C)(C)C)cc4)cc(c32)[Se]5)cc1. The number of para-hydroxylation sites is 2. The minimum atomic E-state index is 0.0370. The summed E-state index contributed by atoms with van der Waals surface area (Å²) in [5, 5.41) is 0. The Labute approximate surface area is 353 Å². The molecule has 7 aromatic rings. The van der Waals surface area contributed by atoms with Gasteiger partial charge in [-0.1, -0.05) is 0 Å². The maximum atomic E-state index is 6.73. The molecule has 0 N–H and O–H groups in total. The Kier molecular flexibility index (Phi) is 8.21. The molecule has 11 rings (SSSR count). The molecule has 0 atom stereocenters. The van der Waals surface area contributed by atoms with Gasteiger partial charge in [-0.25, -0.2) is 0 Å². The van der Waals surface area contributed by atoms with E-state index < -0.39 is 0 Å². The molecule has 0 bridgehead atoms. The topological polar surface area (TPSA) is 36.9 Å². The summed E-state index contributed by atoms with van der Waals surface area (Å²) in [6, 6.07) is 47.9. The van der Waals surface area contributed by atoms with E-state index in [9.17, 15) is 0 Å². The van der Waals surface area contributed by atoms with Crippen molar-refractivity contribution in [2.45, 2.75) is 52.4 Å². The number of benzene rings is 7. The van der Waals surface area contributed by atoms with E-state index in [4.69, 9.17) is 18.9 Å². The van der Waals surface area contributed by atoms with E-state index in [0.29, 0.717) is 0 Å². The van der Waals surface area contributed by atoms with E-state index in [2.05, 4.69) is 175 Å². The van der Waals surface area contributed by atoms with Crippen LogP contribution in [0.5, 0.6) is 46.0 Å². The zero-order valence-corrected chi connectivity index (χ0v) is 36.7. The van der Waals surface area contributed by atoms with Crippen molar-refractivity contribution in [1.29, 1.82) is 0 Å². The van der Waals surface area contributed by atoms with Gasteiger partial charge in [0.15, 0.2) is 0 Å². The standard InChI is InChI=1S/C50H40B2O4Se2/c1-49(2,3)29-15-19-31(20-16-29)53-33-23-41-47-45(25-33)57-43-28-44-38(27-37(43)51(47)35-11-7-9-13-39(35)55-41)52-36-12-8-10-14-40(36)56-42-24-34(26-46(58-44)48(42)52)54-32-21-17-30(18-22-32)50(4,5)6/h7-28H,1-6H3. The third-order valence-corrected chi connectivity index (χ3v) is 16.5. The molecule has 0 radical (unpaired) electrons. The second-order valence-corrected chi connectivity index (χ2v) is 22.2. The summed E-state index contributed by atoms with van der Waals surface area (Å²) in [5.74, 6) is 6.87. The average Bonchev–Trinajstić information content (AvgIpc) is 3.19. The maximum absolute atomic E-state index is 6.73. The molecule has 0 saturated carbocycles. The molecule has 58 heavy (non-hydrogen) atoms. The van der Waals surface area contributed by atoms with Gasteiger partial charge in [-0.2, -0.15) is 0 Å². The summed E-state index contributed by atoms with van der Waals surface area (Å²) in [5.41, 5.74) is 10.5. The zero-order valence-electron chi connectivity index (χ0n) is 33.3. The summed E-state index contributed by atoms with van der Waals surface area (Å²) in [4.78, 5) is 0. The van der Waals surface area contributed by atoms with Crippen LogP contribution in [0.25, 0.3) is 0 Å².